The van der Waals surface area contributed by atoms with Gasteiger partial charge in [-0.3, -0.25) is 4.79 Å². The summed E-state index contributed by atoms with van der Waals surface area (Å²) in [5, 5.41) is 22.3. The second-order valence-corrected chi connectivity index (χ2v) is 9.98. The standard InChI is InChI=1S/C26H34N4O4/c1-30(19-24(31)28-23-15-8-16-27-29-23)17-9-14-22(18-30)34-25(32)26(33,20-10-4-2-5-11-20)21-12-6-3-7-13-21/h2,4-5,8,10-11,15-16,21-22,33H,3,6-7,9,12-14,17-19H2,1H3/p+1/t22?,26-,30?/m0/s1. The van der Waals surface area contributed by atoms with Gasteiger partial charge in [-0.2, -0.15) is 5.10 Å². The van der Waals surface area contributed by atoms with Gasteiger partial charge in [-0.1, -0.05) is 49.6 Å². The Morgan fingerprint density at radius 1 is 1.09 bits per heavy atom. The molecule has 8 heteroatoms. The number of benzene rings is 1. The van der Waals surface area contributed by atoms with Crippen LogP contribution in [0.25, 0.3) is 0 Å². The highest BCUT2D eigenvalue weighted by molar-refractivity contribution is 5.90. The van der Waals surface area contributed by atoms with Crippen LogP contribution in [0.4, 0.5) is 5.82 Å². The lowest BCUT2D eigenvalue weighted by Gasteiger charge is -2.42. The zero-order chi connectivity index (χ0) is 24.0. The quantitative estimate of drug-likeness (QED) is 0.479. The number of carbonyl (C=O) groups excluding carboxylic acids is 2. The molecule has 3 atom stereocenters. The molecule has 4 rings (SSSR count). The van der Waals surface area contributed by atoms with Crippen molar-refractivity contribution in [3.63, 3.8) is 0 Å². The average Bonchev–Trinajstić information content (AvgIpc) is 2.85. The molecule has 1 aliphatic carbocycles. The lowest BCUT2D eigenvalue weighted by Crippen LogP contribution is -2.57. The Morgan fingerprint density at radius 3 is 2.56 bits per heavy atom. The van der Waals surface area contributed by atoms with Crippen molar-refractivity contribution in [2.75, 3.05) is 32.0 Å². The number of hydrogen-bond donors (Lipinski definition) is 2. The van der Waals surface area contributed by atoms with Gasteiger partial charge in [-0.05, 0) is 37.0 Å². The Balaban J connectivity index is 1.44. The second kappa shape index (κ2) is 10.6. The summed E-state index contributed by atoms with van der Waals surface area (Å²) in [6.45, 7) is 1.58. The molecule has 2 fully saturated rings. The van der Waals surface area contributed by atoms with Gasteiger partial charge < -0.3 is 19.6 Å². The molecule has 2 unspecified atom stereocenters. The average molecular weight is 468 g/mol. The SMILES string of the molecule is C[N+]1(CC(=O)Nc2cccnn2)CCCC(OC(=O)[C@](O)(c2ccccc2)C2CCCCC2)C1. The summed E-state index contributed by atoms with van der Waals surface area (Å²) in [4.78, 5) is 26.2. The van der Waals surface area contributed by atoms with E-state index >= 15 is 0 Å². The van der Waals surface area contributed by atoms with Crippen LogP contribution in [0.2, 0.25) is 0 Å². The summed E-state index contributed by atoms with van der Waals surface area (Å²) in [5.74, 6) is -0.455. The van der Waals surface area contributed by atoms with E-state index in [2.05, 4.69) is 15.5 Å². The summed E-state index contributed by atoms with van der Waals surface area (Å²) in [6.07, 6.45) is 7.51. The highest BCUT2D eigenvalue weighted by Crippen LogP contribution is 2.41. The fourth-order valence-corrected chi connectivity index (χ4v) is 5.49. The number of aromatic nitrogens is 2. The molecule has 1 aromatic carbocycles. The number of likely N-dealkylation sites (tertiary alicyclic amines) is 1. The third-order valence-corrected chi connectivity index (χ3v) is 7.23. The van der Waals surface area contributed by atoms with Crippen molar-refractivity contribution in [3.05, 3.63) is 54.2 Å². The van der Waals surface area contributed by atoms with Crippen LogP contribution in [-0.4, -0.2) is 64.4 Å². The second-order valence-electron chi connectivity index (χ2n) is 9.98. The molecule has 2 N–H and O–H groups in total. The van der Waals surface area contributed by atoms with Crippen molar-refractivity contribution in [3.8, 4) is 0 Å². The van der Waals surface area contributed by atoms with Gasteiger partial charge in [0, 0.05) is 18.5 Å². The zero-order valence-electron chi connectivity index (χ0n) is 19.9. The Hall–Kier alpha value is -2.84. The molecule has 1 aromatic heterocycles. The third-order valence-electron chi connectivity index (χ3n) is 7.23. The third kappa shape index (κ3) is 5.62. The molecule has 182 valence electrons. The molecule has 1 aliphatic heterocycles. The number of amides is 1. The van der Waals surface area contributed by atoms with E-state index in [9.17, 15) is 14.7 Å². The van der Waals surface area contributed by atoms with Crippen molar-refractivity contribution in [2.45, 2.75) is 56.7 Å². The maximum atomic E-state index is 13.5. The molecule has 2 aromatic rings. The van der Waals surface area contributed by atoms with E-state index in [1.807, 2.05) is 37.4 Å². The van der Waals surface area contributed by atoms with E-state index in [1.54, 1.807) is 18.3 Å². The summed E-state index contributed by atoms with van der Waals surface area (Å²) in [7, 11) is 2.00. The van der Waals surface area contributed by atoms with Gasteiger partial charge in [0.15, 0.2) is 24.1 Å². The number of likely N-dealkylation sites (N-methyl/N-ethyl adjacent to an activating group) is 1. The summed E-state index contributed by atoms with van der Waals surface area (Å²) < 4.78 is 6.46. The van der Waals surface area contributed by atoms with Crippen LogP contribution in [0.3, 0.4) is 0 Å². The molecular weight excluding hydrogens is 432 g/mol. The molecule has 0 bridgehead atoms. The number of anilines is 1. The first-order valence-electron chi connectivity index (χ1n) is 12.3. The van der Waals surface area contributed by atoms with Crippen molar-refractivity contribution >= 4 is 17.7 Å². The van der Waals surface area contributed by atoms with Crippen molar-refractivity contribution in [2.24, 2.45) is 5.92 Å². The number of rotatable bonds is 7. The highest BCUT2D eigenvalue weighted by Gasteiger charge is 2.48. The van der Waals surface area contributed by atoms with Crippen LogP contribution in [0, 0.1) is 5.92 Å². The van der Waals surface area contributed by atoms with Crippen LogP contribution in [0.5, 0.6) is 0 Å². The maximum absolute atomic E-state index is 13.5. The molecule has 0 radical (unpaired) electrons. The van der Waals surface area contributed by atoms with Crippen LogP contribution < -0.4 is 5.32 Å². The number of esters is 1. The Bertz CT molecular complexity index is 967. The van der Waals surface area contributed by atoms with Gasteiger partial charge in [0.05, 0.1) is 13.6 Å². The smallest absolute Gasteiger partial charge is 0.343 e. The molecule has 2 heterocycles. The van der Waals surface area contributed by atoms with E-state index < -0.39 is 11.6 Å². The first-order valence-corrected chi connectivity index (χ1v) is 12.3. The van der Waals surface area contributed by atoms with E-state index in [4.69, 9.17) is 4.74 Å². The minimum absolute atomic E-state index is 0.154. The van der Waals surface area contributed by atoms with Gasteiger partial charge in [0.25, 0.3) is 5.91 Å². The summed E-state index contributed by atoms with van der Waals surface area (Å²) >= 11 is 0. The lowest BCUT2D eigenvalue weighted by atomic mass is 9.73. The monoisotopic (exact) mass is 467 g/mol. The fourth-order valence-electron chi connectivity index (χ4n) is 5.49. The summed E-state index contributed by atoms with van der Waals surface area (Å²) in [6, 6.07) is 12.6. The number of nitrogens with one attached hydrogen (secondary N) is 1. The van der Waals surface area contributed by atoms with Crippen LogP contribution in [-0.2, 0) is 19.9 Å². The normalized spacial score (nSPS) is 25.2. The first kappa shape index (κ1) is 24.3. The van der Waals surface area contributed by atoms with E-state index in [1.165, 1.54) is 0 Å². The van der Waals surface area contributed by atoms with Crippen molar-refractivity contribution in [1.29, 1.82) is 0 Å². The van der Waals surface area contributed by atoms with E-state index in [0.717, 1.165) is 51.5 Å². The predicted octanol–water partition coefficient (Wildman–Crippen LogP) is 3.04. The number of piperidine rings is 1. The highest BCUT2D eigenvalue weighted by atomic mass is 16.6. The molecule has 1 amide bonds. The van der Waals surface area contributed by atoms with Gasteiger partial charge in [0.1, 0.15) is 6.54 Å². The van der Waals surface area contributed by atoms with Crippen LogP contribution in [0.1, 0.15) is 50.5 Å². The van der Waals surface area contributed by atoms with Crippen molar-refractivity contribution < 1.29 is 23.9 Å². The lowest BCUT2D eigenvalue weighted by molar-refractivity contribution is -0.909. The van der Waals surface area contributed by atoms with Gasteiger partial charge in [-0.15, -0.1) is 5.10 Å². The molecule has 0 spiro atoms. The number of nitrogens with zero attached hydrogens (tertiary/aromatic N) is 3. The molecule has 1 saturated carbocycles. The van der Waals surface area contributed by atoms with E-state index in [-0.39, 0.29) is 24.5 Å². The largest absolute Gasteiger partial charge is 0.454 e. The first-order chi connectivity index (χ1) is 16.4. The Labute approximate surface area is 200 Å². The molecule has 8 nitrogen and oxygen atoms in total. The number of ether oxygens (including phenoxy) is 1. The van der Waals surface area contributed by atoms with E-state index in [0.29, 0.717) is 22.4 Å². The molecule has 2 aliphatic rings. The number of hydrogen-bond acceptors (Lipinski definition) is 6. The van der Waals surface area contributed by atoms with Crippen LogP contribution in [0.15, 0.2) is 48.7 Å². The van der Waals surface area contributed by atoms with Gasteiger partial charge in [0.2, 0.25) is 0 Å². The predicted molar refractivity (Wildman–Crippen MR) is 127 cm³/mol. The minimum atomic E-state index is -1.65. The van der Waals surface area contributed by atoms with Crippen LogP contribution >= 0.6 is 0 Å². The number of aliphatic hydroxyl groups is 1. The van der Waals surface area contributed by atoms with Gasteiger partial charge >= 0.3 is 5.97 Å². The number of quaternary nitrogens is 1. The fraction of sp³-hybridized carbons (Fsp3) is 0.538. The van der Waals surface area contributed by atoms with Gasteiger partial charge in [-0.25, -0.2) is 4.79 Å². The Morgan fingerprint density at radius 2 is 1.85 bits per heavy atom. The molecule has 1 saturated heterocycles. The molecule has 34 heavy (non-hydrogen) atoms. The minimum Gasteiger partial charge on any atom is -0.454 e. The maximum Gasteiger partial charge on any atom is 0.343 e. The molecular formula is C26H35N4O4+. The topological polar surface area (TPSA) is 101 Å². The summed E-state index contributed by atoms with van der Waals surface area (Å²) in [5.41, 5.74) is -1.05. The number of carbonyl (C=O) groups is 2. The zero-order valence-corrected chi connectivity index (χ0v) is 19.9. The van der Waals surface area contributed by atoms with Crippen molar-refractivity contribution in [1.82, 2.24) is 10.2 Å². The Kier molecular flexibility index (Phi) is 7.58.